The van der Waals surface area contributed by atoms with Gasteiger partial charge in [0, 0.05) is 5.69 Å². The van der Waals surface area contributed by atoms with Gasteiger partial charge in [-0.3, -0.25) is 9.10 Å². The Balaban J connectivity index is 2.27. The first-order valence-corrected chi connectivity index (χ1v) is 9.99. The van der Waals surface area contributed by atoms with Crippen molar-refractivity contribution in [1.82, 2.24) is 0 Å². The van der Waals surface area contributed by atoms with Crippen LogP contribution in [0.2, 0.25) is 10.0 Å². The Morgan fingerprint density at radius 1 is 1.12 bits per heavy atom. The second kappa shape index (κ2) is 7.64. The number of halogens is 2. The van der Waals surface area contributed by atoms with Crippen molar-refractivity contribution in [2.45, 2.75) is 13.8 Å². The lowest BCUT2D eigenvalue weighted by Crippen LogP contribution is -2.37. The number of carbonyl (C=O) groups excluding carboxylic acids is 1. The summed E-state index contributed by atoms with van der Waals surface area (Å²) in [6, 6.07) is 10.1. The van der Waals surface area contributed by atoms with Crippen LogP contribution in [0.5, 0.6) is 0 Å². The zero-order chi connectivity index (χ0) is 18.8. The van der Waals surface area contributed by atoms with Crippen molar-refractivity contribution in [3.05, 3.63) is 57.6 Å². The molecule has 1 amide bonds. The van der Waals surface area contributed by atoms with E-state index in [1.807, 2.05) is 26.0 Å². The summed E-state index contributed by atoms with van der Waals surface area (Å²) in [5.74, 6) is -0.482. The molecule has 25 heavy (non-hydrogen) atoms. The van der Waals surface area contributed by atoms with E-state index in [4.69, 9.17) is 23.2 Å². The van der Waals surface area contributed by atoms with Crippen molar-refractivity contribution in [2.75, 3.05) is 22.4 Å². The van der Waals surface area contributed by atoms with Crippen LogP contribution in [-0.2, 0) is 14.8 Å². The van der Waals surface area contributed by atoms with Crippen molar-refractivity contribution >= 4 is 50.5 Å². The Hall–Kier alpha value is -1.76. The van der Waals surface area contributed by atoms with Crippen molar-refractivity contribution in [3.8, 4) is 0 Å². The Morgan fingerprint density at radius 2 is 1.80 bits per heavy atom. The highest BCUT2D eigenvalue weighted by atomic mass is 35.5. The van der Waals surface area contributed by atoms with E-state index in [2.05, 4.69) is 5.32 Å². The largest absolute Gasteiger partial charge is 0.325 e. The quantitative estimate of drug-likeness (QED) is 0.823. The van der Waals surface area contributed by atoms with Gasteiger partial charge in [-0.15, -0.1) is 0 Å². The number of sulfonamides is 1. The minimum Gasteiger partial charge on any atom is -0.325 e. The SMILES string of the molecule is Cc1ccc(NC(=O)CN(c2cccc(Cl)c2Cl)S(C)(=O)=O)cc1C. The number of rotatable bonds is 5. The molecular weight excluding hydrogens is 383 g/mol. The molecule has 0 fully saturated rings. The first-order chi connectivity index (χ1) is 11.6. The average Bonchev–Trinajstić information content (AvgIpc) is 2.51. The maximum atomic E-state index is 12.3. The van der Waals surface area contributed by atoms with E-state index in [0.29, 0.717) is 5.69 Å². The van der Waals surface area contributed by atoms with Crippen molar-refractivity contribution in [1.29, 1.82) is 0 Å². The molecule has 8 heteroatoms. The second-order valence-electron chi connectivity index (χ2n) is 5.69. The predicted molar refractivity (Wildman–Crippen MR) is 103 cm³/mol. The van der Waals surface area contributed by atoms with E-state index in [-0.39, 0.29) is 15.7 Å². The summed E-state index contributed by atoms with van der Waals surface area (Å²) < 4.78 is 25.2. The molecule has 2 rings (SSSR count). The smallest absolute Gasteiger partial charge is 0.245 e. The molecule has 0 aliphatic carbocycles. The van der Waals surface area contributed by atoms with E-state index in [9.17, 15) is 13.2 Å². The van der Waals surface area contributed by atoms with Gasteiger partial charge < -0.3 is 5.32 Å². The molecule has 0 heterocycles. The third-order valence-electron chi connectivity index (χ3n) is 3.68. The van der Waals surface area contributed by atoms with Gasteiger partial charge in [0.15, 0.2) is 0 Å². The molecule has 0 saturated carbocycles. The van der Waals surface area contributed by atoms with Gasteiger partial charge in [-0.1, -0.05) is 35.3 Å². The lowest BCUT2D eigenvalue weighted by Gasteiger charge is -2.23. The molecular formula is C17H18Cl2N2O3S. The first-order valence-electron chi connectivity index (χ1n) is 7.38. The van der Waals surface area contributed by atoms with Gasteiger partial charge in [0.1, 0.15) is 6.54 Å². The minimum atomic E-state index is -3.73. The normalized spacial score (nSPS) is 11.2. The standard InChI is InChI=1S/C17H18Cl2N2O3S/c1-11-7-8-13(9-12(11)2)20-16(22)10-21(25(3,23)24)15-6-4-5-14(18)17(15)19/h4-9H,10H2,1-3H3,(H,20,22). The van der Waals surface area contributed by atoms with Gasteiger partial charge in [-0.25, -0.2) is 8.42 Å². The topological polar surface area (TPSA) is 66.5 Å². The zero-order valence-corrected chi connectivity index (χ0v) is 16.3. The Kier molecular flexibility index (Phi) is 5.98. The molecule has 1 N–H and O–H groups in total. The molecule has 0 spiro atoms. The van der Waals surface area contributed by atoms with Crippen LogP contribution in [0.3, 0.4) is 0 Å². The summed E-state index contributed by atoms with van der Waals surface area (Å²) in [5, 5.41) is 2.98. The molecule has 2 aromatic carbocycles. The summed E-state index contributed by atoms with van der Waals surface area (Å²) in [5.41, 5.74) is 2.88. The van der Waals surface area contributed by atoms with Crippen molar-refractivity contribution in [2.24, 2.45) is 0 Å². The third kappa shape index (κ3) is 4.87. The molecule has 0 bridgehead atoms. The van der Waals surface area contributed by atoms with Crippen LogP contribution in [0.1, 0.15) is 11.1 Å². The highest BCUT2D eigenvalue weighted by Crippen LogP contribution is 2.33. The van der Waals surface area contributed by atoms with Crippen LogP contribution < -0.4 is 9.62 Å². The van der Waals surface area contributed by atoms with E-state index in [1.54, 1.807) is 18.2 Å². The Labute approximate surface area is 157 Å². The summed E-state index contributed by atoms with van der Waals surface area (Å²) >= 11 is 12.1. The van der Waals surface area contributed by atoms with Crippen LogP contribution in [-0.4, -0.2) is 27.1 Å². The lowest BCUT2D eigenvalue weighted by molar-refractivity contribution is -0.114. The van der Waals surface area contributed by atoms with E-state index >= 15 is 0 Å². The molecule has 0 radical (unpaired) electrons. The molecule has 0 atom stereocenters. The molecule has 134 valence electrons. The second-order valence-corrected chi connectivity index (χ2v) is 8.38. The lowest BCUT2D eigenvalue weighted by atomic mass is 10.1. The number of benzene rings is 2. The third-order valence-corrected chi connectivity index (χ3v) is 5.61. The van der Waals surface area contributed by atoms with Crippen molar-refractivity contribution in [3.63, 3.8) is 0 Å². The number of hydrogen-bond donors (Lipinski definition) is 1. The fourth-order valence-electron chi connectivity index (χ4n) is 2.22. The Morgan fingerprint density at radius 3 is 2.40 bits per heavy atom. The number of aryl methyl sites for hydroxylation is 2. The van der Waals surface area contributed by atoms with Crippen LogP contribution in [0.4, 0.5) is 11.4 Å². The molecule has 0 saturated heterocycles. The first kappa shape index (κ1) is 19.6. The van der Waals surface area contributed by atoms with Crippen LogP contribution in [0, 0.1) is 13.8 Å². The molecule has 5 nitrogen and oxygen atoms in total. The zero-order valence-electron chi connectivity index (χ0n) is 14.0. The maximum Gasteiger partial charge on any atom is 0.245 e. The molecule has 2 aromatic rings. The van der Waals surface area contributed by atoms with Crippen molar-refractivity contribution < 1.29 is 13.2 Å². The van der Waals surface area contributed by atoms with Gasteiger partial charge in [-0.05, 0) is 49.2 Å². The molecule has 0 aromatic heterocycles. The van der Waals surface area contributed by atoms with E-state index in [0.717, 1.165) is 21.7 Å². The van der Waals surface area contributed by atoms with Gasteiger partial charge in [0.25, 0.3) is 0 Å². The number of hydrogen-bond acceptors (Lipinski definition) is 3. The average molecular weight is 401 g/mol. The summed E-state index contributed by atoms with van der Waals surface area (Å²) in [7, 11) is -3.73. The fourth-order valence-corrected chi connectivity index (χ4v) is 3.53. The van der Waals surface area contributed by atoms with Crippen LogP contribution in [0.25, 0.3) is 0 Å². The predicted octanol–water partition coefficient (Wildman–Crippen LogP) is 4.01. The van der Waals surface area contributed by atoms with Gasteiger partial charge in [0.05, 0.1) is 22.0 Å². The number of carbonyl (C=O) groups is 1. The molecule has 0 unspecified atom stereocenters. The van der Waals surface area contributed by atoms with Gasteiger partial charge in [0.2, 0.25) is 15.9 Å². The monoisotopic (exact) mass is 400 g/mol. The maximum absolute atomic E-state index is 12.3. The van der Waals surface area contributed by atoms with Crippen LogP contribution in [0.15, 0.2) is 36.4 Å². The number of nitrogens with zero attached hydrogens (tertiary/aromatic N) is 1. The van der Waals surface area contributed by atoms with Gasteiger partial charge in [-0.2, -0.15) is 0 Å². The summed E-state index contributed by atoms with van der Waals surface area (Å²) in [6.07, 6.45) is 1.01. The summed E-state index contributed by atoms with van der Waals surface area (Å²) in [4.78, 5) is 12.3. The van der Waals surface area contributed by atoms with Gasteiger partial charge >= 0.3 is 0 Å². The number of nitrogens with one attached hydrogen (secondary N) is 1. The summed E-state index contributed by atoms with van der Waals surface area (Å²) in [6.45, 7) is 3.48. The highest BCUT2D eigenvalue weighted by molar-refractivity contribution is 7.92. The van der Waals surface area contributed by atoms with E-state index in [1.165, 1.54) is 6.07 Å². The Bertz CT molecular complexity index is 914. The van der Waals surface area contributed by atoms with Crippen LogP contribution >= 0.6 is 23.2 Å². The number of anilines is 2. The molecule has 0 aliphatic heterocycles. The fraction of sp³-hybridized carbons (Fsp3) is 0.235. The highest BCUT2D eigenvalue weighted by Gasteiger charge is 2.24. The molecule has 0 aliphatic rings. The minimum absolute atomic E-state index is 0.0774. The van der Waals surface area contributed by atoms with E-state index < -0.39 is 22.5 Å². The number of amides is 1.